The van der Waals surface area contributed by atoms with Gasteiger partial charge in [0, 0.05) is 6.61 Å². The van der Waals surface area contributed by atoms with Gasteiger partial charge in [-0.05, 0) is 43.9 Å². The average Bonchev–Trinajstić information content (AvgIpc) is 3.18. The summed E-state index contributed by atoms with van der Waals surface area (Å²) < 4.78 is 5.88. The van der Waals surface area contributed by atoms with Crippen LogP contribution in [0.1, 0.15) is 48.9 Å². The molecule has 0 spiro atoms. The molecule has 106 valence electrons. The van der Waals surface area contributed by atoms with Gasteiger partial charge in [0.2, 0.25) is 0 Å². The molecule has 1 aromatic carbocycles. The largest absolute Gasteiger partial charge is 0.379 e. The highest BCUT2D eigenvalue weighted by Crippen LogP contribution is 2.32. The smallest absolute Gasteiger partial charge is 0.0661 e. The van der Waals surface area contributed by atoms with Crippen LogP contribution in [-0.4, -0.2) is 19.8 Å². The van der Waals surface area contributed by atoms with Crippen LogP contribution in [0.3, 0.4) is 0 Å². The van der Waals surface area contributed by atoms with E-state index in [2.05, 4.69) is 44.3 Å². The Morgan fingerprint density at radius 1 is 1.32 bits per heavy atom. The van der Waals surface area contributed by atoms with Crippen molar-refractivity contribution in [3.63, 3.8) is 0 Å². The zero-order valence-corrected chi connectivity index (χ0v) is 12.5. The Bertz CT molecular complexity index is 398. The molecule has 1 aliphatic carbocycles. The molecule has 0 bridgehead atoms. The van der Waals surface area contributed by atoms with Crippen molar-refractivity contribution in [2.45, 2.75) is 46.1 Å². The van der Waals surface area contributed by atoms with Gasteiger partial charge in [0.05, 0.1) is 12.6 Å². The standard InChI is InChI=1S/C17H27NO/c1-4-18-17(12-19-10-9-15-6-7-15)16-8-5-13(2)11-14(16)3/h5,8,11,15,17-18H,4,6-7,9-10,12H2,1-3H3. The lowest BCUT2D eigenvalue weighted by molar-refractivity contribution is 0.106. The van der Waals surface area contributed by atoms with Crippen molar-refractivity contribution in [2.75, 3.05) is 19.8 Å². The van der Waals surface area contributed by atoms with E-state index in [1.54, 1.807) is 0 Å². The first-order chi connectivity index (χ1) is 9.20. The Labute approximate surface area is 117 Å². The van der Waals surface area contributed by atoms with E-state index in [1.807, 2.05) is 0 Å². The second-order valence-corrected chi connectivity index (χ2v) is 5.78. The maximum Gasteiger partial charge on any atom is 0.0661 e. The minimum absolute atomic E-state index is 0.324. The Balaban J connectivity index is 1.89. The summed E-state index contributed by atoms with van der Waals surface area (Å²) in [5.74, 6) is 0.957. The molecule has 2 rings (SSSR count). The lowest BCUT2D eigenvalue weighted by Gasteiger charge is -2.21. The molecule has 1 N–H and O–H groups in total. The number of ether oxygens (including phenoxy) is 1. The summed E-state index contributed by atoms with van der Waals surface area (Å²) in [6.07, 6.45) is 4.07. The highest BCUT2D eigenvalue weighted by Gasteiger charge is 2.21. The van der Waals surface area contributed by atoms with Crippen LogP contribution in [0.25, 0.3) is 0 Å². The van der Waals surface area contributed by atoms with Crippen LogP contribution < -0.4 is 5.32 Å². The monoisotopic (exact) mass is 261 g/mol. The molecule has 2 heteroatoms. The SMILES string of the molecule is CCNC(COCCC1CC1)c1ccc(C)cc1C. The summed E-state index contributed by atoms with van der Waals surface area (Å²) in [6, 6.07) is 7.01. The summed E-state index contributed by atoms with van der Waals surface area (Å²) in [5, 5.41) is 3.54. The molecule has 1 aliphatic rings. The van der Waals surface area contributed by atoms with E-state index < -0.39 is 0 Å². The van der Waals surface area contributed by atoms with Gasteiger partial charge < -0.3 is 10.1 Å². The maximum absolute atomic E-state index is 5.88. The fraction of sp³-hybridized carbons (Fsp3) is 0.647. The van der Waals surface area contributed by atoms with Gasteiger partial charge in [0.25, 0.3) is 0 Å². The van der Waals surface area contributed by atoms with Crippen molar-refractivity contribution < 1.29 is 4.74 Å². The molecule has 2 nitrogen and oxygen atoms in total. The quantitative estimate of drug-likeness (QED) is 0.719. The van der Waals surface area contributed by atoms with Gasteiger partial charge in [-0.15, -0.1) is 0 Å². The van der Waals surface area contributed by atoms with E-state index in [1.165, 1.54) is 36.0 Å². The summed E-state index contributed by atoms with van der Waals surface area (Å²) in [5.41, 5.74) is 4.06. The number of rotatable bonds is 8. The Morgan fingerprint density at radius 3 is 2.74 bits per heavy atom. The summed E-state index contributed by atoms with van der Waals surface area (Å²) >= 11 is 0. The van der Waals surface area contributed by atoms with Gasteiger partial charge in [-0.2, -0.15) is 0 Å². The molecule has 1 fully saturated rings. The molecular formula is C17H27NO. The third-order valence-corrected chi connectivity index (χ3v) is 3.90. The van der Waals surface area contributed by atoms with Gasteiger partial charge in [-0.1, -0.05) is 43.5 Å². The number of nitrogens with one attached hydrogen (secondary N) is 1. The van der Waals surface area contributed by atoms with E-state index >= 15 is 0 Å². The van der Waals surface area contributed by atoms with E-state index in [0.29, 0.717) is 6.04 Å². The zero-order chi connectivity index (χ0) is 13.7. The molecule has 0 aromatic heterocycles. The van der Waals surface area contributed by atoms with Crippen LogP contribution in [0.2, 0.25) is 0 Å². The Hall–Kier alpha value is -0.860. The van der Waals surface area contributed by atoms with Crippen molar-refractivity contribution in [2.24, 2.45) is 5.92 Å². The second-order valence-electron chi connectivity index (χ2n) is 5.78. The number of aryl methyl sites for hydroxylation is 2. The first-order valence-electron chi connectivity index (χ1n) is 7.59. The van der Waals surface area contributed by atoms with Crippen LogP contribution in [0, 0.1) is 19.8 Å². The number of hydrogen-bond acceptors (Lipinski definition) is 2. The number of hydrogen-bond donors (Lipinski definition) is 1. The highest BCUT2D eigenvalue weighted by molar-refractivity contribution is 5.32. The van der Waals surface area contributed by atoms with Crippen LogP contribution >= 0.6 is 0 Å². The molecule has 1 unspecified atom stereocenters. The van der Waals surface area contributed by atoms with Crippen molar-refractivity contribution in [3.8, 4) is 0 Å². The van der Waals surface area contributed by atoms with E-state index in [4.69, 9.17) is 4.74 Å². The normalized spacial score (nSPS) is 16.6. The molecule has 0 heterocycles. The molecule has 0 saturated heterocycles. The number of likely N-dealkylation sites (N-methyl/N-ethyl adjacent to an activating group) is 1. The predicted molar refractivity (Wildman–Crippen MR) is 80.5 cm³/mol. The van der Waals surface area contributed by atoms with Gasteiger partial charge in [-0.3, -0.25) is 0 Å². The van der Waals surface area contributed by atoms with Crippen LogP contribution in [-0.2, 0) is 4.74 Å². The van der Waals surface area contributed by atoms with Crippen LogP contribution in [0.4, 0.5) is 0 Å². The van der Waals surface area contributed by atoms with Gasteiger partial charge in [0.15, 0.2) is 0 Å². The van der Waals surface area contributed by atoms with Crippen molar-refractivity contribution in [3.05, 3.63) is 34.9 Å². The number of benzene rings is 1. The summed E-state index contributed by atoms with van der Waals surface area (Å²) in [7, 11) is 0. The molecule has 0 radical (unpaired) electrons. The van der Waals surface area contributed by atoms with Gasteiger partial charge >= 0.3 is 0 Å². The molecule has 0 amide bonds. The molecular weight excluding hydrogens is 234 g/mol. The van der Waals surface area contributed by atoms with Crippen LogP contribution in [0.15, 0.2) is 18.2 Å². The minimum Gasteiger partial charge on any atom is -0.379 e. The topological polar surface area (TPSA) is 21.3 Å². The van der Waals surface area contributed by atoms with E-state index in [9.17, 15) is 0 Å². The molecule has 0 aliphatic heterocycles. The van der Waals surface area contributed by atoms with Crippen molar-refractivity contribution in [1.82, 2.24) is 5.32 Å². The first-order valence-corrected chi connectivity index (χ1v) is 7.59. The van der Waals surface area contributed by atoms with Gasteiger partial charge in [0.1, 0.15) is 0 Å². The Morgan fingerprint density at radius 2 is 2.11 bits per heavy atom. The summed E-state index contributed by atoms with van der Waals surface area (Å²) in [6.45, 7) is 9.16. The van der Waals surface area contributed by atoms with E-state index in [-0.39, 0.29) is 0 Å². The average molecular weight is 261 g/mol. The van der Waals surface area contributed by atoms with Crippen molar-refractivity contribution >= 4 is 0 Å². The highest BCUT2D eigenvalue weighted by atomic mass is 16.5. The zero-order valence-electron chi connectivity index (χ0n) is 12.5. The fourth-order valence-electron chi connectivity index (χ4n) is 2.58. The minimum atomic E-state index is 0.324. The Kier molecular flexibility index (Phi) is 5.41. The lowest BCUT2D eigenvalue weighted by atomic mass is 9.99. The summed E-state index contributed by atoms with van der Waals surface area (Å²) in [4.78, 5) is 0. The van der Waals surface area contributed by atoms with Gasteiger partial charge in [-0.25, -0.2) is 0 Å². The molecule has 1 aromatic rings. The predicted octanol–water partition coefficient (Wildman–Crippen LogP) is 3.77. The second kappa shape index (κ2) is 7.06. The van der Waals surface area contributed by atoms with E-state index in [0.717, 1.165) is 25.7 Å². The lowest BCUT2D eigenvalue weighted by Crippen LogP contribution is -2.26. The molecule has 1 atom stereocenters. The van der Waals surface area contributed by atoms with Crippen LogP contribution in [0.5, 0.6) is 0 Å². The molecule has 19 heavy (non-hydrogen) atoms. The maximum atomic E-state index is 5.88. The third kappa shape index (κ3) is 4.63. The molecule has 1 saturated carbocycles. The third-order valence-electron chi connectivity index (χ3n) is 3.90. The fourth-order valence-corrected chi connectivity index (χ4v) is 2.58. The first kappa shape index (κ1) is 14.5. The van der Waals surface area contributed by atoms with Crippen molar-refractivity contribution in [1.29, 1.82) is 0 Å².